The van der Waals surface area contributed by atoms with Crippen molar-refractivity contribution < 1.29 is 18.8 Å². The van der Waals surface area contributed by atoms with Gasteiger partial charge in [0.25, 0.3) is 5.79 Å². The number of halogens is 2. The van der Waals surface area contributed by atoms with Crippen molar-refractivity contribution in [3.8, 4) is 0 Å². The molecule has 58 valence electrons. The third-order valence-electron chi connectivity index (χ3n) is 1.57. The zero-order valence-corrected chi connectivity index (χ0v) is 5.18. The Morgan fingerprint density at radius 1 is 1.70 bits per heavy atom. The minimum atomic E-state index is -2.76. The minimum absolute atomic E-state index is 0.136. The molecule has 0 bridgehead atoms. The van der Waals surface area contributed by atoms with Crippen molar-refractivity contribution in [1.29, 1.82) is 0 Å². The Bertz CT molecular complexity index is 164. The summed E-state index contributed by atoms with van der Waals surface area (Å²) in [6.07, 6.45) is -0.0157. The molecule has 1 N–H and O–H groups in total. The largest absolute Gasteiger partial charge is 0.478 e. The average Bonchev–Trinajstić information content (AvgIpc) is 2.15. The van der Waals surface area contributed by atoms with Crippen LogP contribution in [0.1, 0.15) is 12.8 Å². The Morgan fingerprint density at radius 2 is 2.30 bits per heavy atom. The molecule has 0 aromatic carbocycles. The molecule has 0 aliphatic carbocycles. The third-order valence-corrected chi connectivity index (χ3v) is 1.57. The molecule has 0 spiro atoms. The van der Waals surface area contributed by atoms with E-state index in [1.54, 1.807) is 0 Å². The van der Waals surface area contributed by atoms with Crippen molar-refractivity contribution in [3.05, 3.63) is 0 Å². The van der Waals surface area contributed by atoms with Gasteiger partial charge in [-0.3, -0.25) is 0 Å². The lowest BCUT2D eigenvalue weighted by Crippen LogP contribution is -2.41. The predicted octanol–water partition coefficient (Wildman–Crippen LogP) is 0.717. The average molecular weight is 151 g/mol. The molecular weight excluding hydrogens is 144 g/mol. The van der Waals surface area contributed by atoms with Gasteiger partial charge in [-0.25, -0.2) is 9.18 Å². The second kappa shape index (κ2) is 2.16. The normalized spacial score (nSPS) is 34.6. The van der Waals surface area contributed by atoms with Gasteiger partial charge in [-0.05, 0) is 6.42 Å². The molecule has 1 heterocycles. The Balaban J connectivity index is 2.75. The maximum atomic E-state index is 12.8. The number of aliphatic carboxylic acids is 1. The van der Waals surface area contributed by atoms with Gasteiger partial charge in [0, 0.05) is 13.0 Å². The van der Waals surface area contributed by atoms with Crippen molar-refractivity contribution >= 4 is 5.97 Å². The quantitative estimate of drug-likeness (QED) is 0.443. The monoisotopic (exact) mass is 151 g/mol. The molecular formula is C5H7F2NO2. The summed E-state index contributed by atoms with van der Waals surface area (Å²) in [4.78, 5) is 10.1. The van der Waals surface area contributed by atoms with Gasteiger partial charge < -0.3 is 5.11 Å². The van der Waals surface area contributed by atoms with Crippen LogP contribution in [-0.2, 0) is 4.79 Å². The second-order valence-electron chi connectivity index (χ2n) is 2.25. The van der Waals surface area contributed by atoms with Crippen LogP contribution in [0.15, 0.2) is 0 Å². The van der Waals surface area contributed by atoms with E-state index < -0.39 is 11.8 Å². The van der Waals surface area contributed by atoms with Crippen molar-refractivity contribution in [2.24, 2.45) is 0 Å². The highest BCUT2D eigenvalue weighted by atomic mass is 19.2. The summed E-state index contributed by atoms with van der Waals surface area (Å²) in [5.74, 6) is -4.51. The van der Waals surface area contributed by atoms with E-state index in [4.69, 9.17) is 5.11 Å². The molecule has 10 heavy (non-hydrogen) atoms. The Hall–Kier alpha value is -0.710. The third kappa shape index (κ3) is 0.862. The first-order valence-corrected chi connectivity index (χ1v) is 2.93. The molecule has 0 aromatic heterocycles. The van der Waals surface area contributed by atoms with Gasteiger partial charge in [0.05, 0.1) is 0 Å². The summed E-state index contributed by atoms with van der Waals surface area (Å²) >= 11 is 0. The standard InChI is InChI=1S/C5H7F2NO2/c6-5(4(9)10)2-1-3-8(5)7/h1-3H2,(H,9,10)/t5-/m1/s1. The Labute approximate surface area is 56.2 Å². The van der Waals surface area contributed by atoms with Gasteiger partial charge in [0.15, 0.2) is 0 Å². The minimum Gasteiger partial charge on any atom is -0.478 e. The van der Waals surface area contributed by atoms with E-state index in [2.05, 4.69) is 0 Å². The van der Waals surface area contributed by atoms with Gasteiger partial charge in [0.1, 0.15) is 0 Å². The van der Waals surface area contributed by atoms with Crippen LogP contribution in [0.25, 0.3) is 0 Å². The molecule has 1 rings (SSSR count). The van der Waals surface area contributed by atoms with Crippen LogP contribution in [0.4, 0.5) is 8.87 Å². The first-order valence-electron chi connectivity index (χ1n) is 2.93. The van der Waals surface area contributed by atoms with E-state index in [1.807, 2.05) is 0 Å². The molecule has 1 aliphatic rings. The van der Waals surface area contributed by atoms with E-state index in [0.717, 1.165) is 0 Å². The molecule has 3 nitrogen and oxygen atoms in total. The molecule has 0 radical (unpaired) electrons. The van der Waals surface area contributed by atoms with E-state index in [0.29, 0.717) is 0 Å². The maximum Gasteiger partial charge on any atom is 0.359 e. The number of rotatable bonds is 1. The lowest BCUT2D eigenvalue weighted by Gasteiger charge is -2.17. The van der Waals surface area contributed by atoms with Gasteiger partial charge in [0.2, 0.25) is 0 Å². The highest BCUT2D eigenvalue weighted by Crippen LogP contribution is 2.30. The predicted molar refractivity (Wildman–Crippen MR) is 28.5 cm³/mol. The molecule has 0 amide bonds. The van der Waals surface area contributed by atoms with E-state index >= 15 is 0 Å². The summed E-state index contributed by atoms with van der Waals surface area (Å²) in [6, 6.07) is 0. The van der Waals surface area contributed by atoms with E-state index in [-0.39, 0.29) is 24.5 Å². The molecule has 0 aromatic rings. The smallest absolute Gasteiger partial charge is 0.359 e. The van der Waals surface area contributed by atoms with Crippen molar-refractivity contribution in [3.63, 3.8) is 0 Å². The van der Waals surface area contributed by atoms with Crippen LogP contribution >= 0.6 is 0 Å². The number of nitrogens with zero attached hydrogens (tertiary/aromatic N) is 1. The van der Waals surface area contributed by atoms with E-state index in [1.165, 1.54) is 0 Å². The van der Waals surface area contributed by atoms with E-state index in [9.17, 15) is 13.7 Å². The zero-order chi connectivity index (χ0) is 7.78. The molecule has 5 heteroatoms. The van der Waals surface area contributed by atoms with Crippen LogP contribution in [0, 0.1) is 0 Å². The summed E-state index contributed by atoms with van der Waals surface area (Å²) in [7, 11) is 0. The SMILES string of the molecule is O=C(O)[C@@]1(F)CCCN1F. The van der Waals surface area contributed by atoms with Crippen LogP contribution in [0.5, 0.6) is 0 Å². The van der Waals surface area contributed by atoms with Crippen molar-refractivity contribution in [2.75, 3.05) is 6.54 Å². The lowest BCUT2D eigenvalue weighted by atomic mass is 10.2. The molecule has 0 saturated carbocycles. The number of hydrogen-bond donors (Lipinski definition) is 1. The summed E-state index contributed by atoms with van der Waals surface area (Å²) < 4.78 is 25.1. The van der Waals surface area contributed by atoms with Crippen molar-refractivity contribution in [2.45, 2.75) is 18.6 Å². The first kappa shape index (κ1) is 7.40. The number of alkyl halides is 1. The highest BCUT2D eigenvalue weighted by molar-refractivity contribution is 5.76. The molecule has 1 aliphatic heterocycles. The fraction of sp³-hybridized carbons (Fsp3) is 0.800. The fourth-order valence-corrected chi connectivity index (χ4v) is 0.961. The molecule has 1 fully saturated rings. The number of carboxylic acid groups (broad SMARTS) is 1. The van der Waals surface area contributed by atoms with Crippen molar-refractivity contribution in [1.82, 2.24) is 5.12 Å². The summed E-state index contributed by atoms with van der Waals surface area (Å²) in [5.41, 5.74) is 0. The number of carbonyl (C=O) groups is 1. The van der Waals surface area contributed by atoms with Gasteiger partial charge >= 0.3 is 5.97 Å². The van der Waals surface area contributed by atoms with Crippen LogP contribution < -0.4 is 0 Å². The number of hydrogen-bond acceptors (Lipinski definition) is 2. The first-order chi connectivity index (χ1) is 4.57. The lowest BCUT2D eigenvalue weighted by molar-refractivity contribution is -0.184. The van der Waals surface area contributed by atoms with Crippen LogP contribution in [-0.4, -0.2) is 28.5 Å². The van der Waals surface area contributed by atoms with Gasteiger partial charge in [-0.15, -0.1) is 4.48 Å². The molecule has 1 saturated heterocycles. The van der Waals surface area contributed by atoms with Crippen LogP contribution in [0.3, 0.4) is 0 Å². The van der Waals surface area contributed by atoms with Gasteiger partial charge in [-0.1, -0.05) is 5.12 Å². The number of carboxylic acids is 1. The summed E-state index contributed by atoms with van der Waals surface area (Å²) in [6.45, 7) is -0.136. The zero-order valence-electron chi connectivity index (χ0n) is 5.18. The van der Waals surface area contributed by atoms with Crippen LogP contribution in [0.2, 0.25) is 0 Å². The summed E-state index contributed by atoms with van der Waals surface area (Å²) in [5, 5.41) is 7.92. The topological polar surface area (TPSA) is 40.5 Å². The fourth-order valence-electron chi connectivity index (χ4n) is 0.961. The highest BCUT2D eigenvalue weighted by Gasteiger charge is 2.49. The van der Waals surface area contributed by atoms with Gasteiger partial charge in [-0.2, -0.15) is 0 Å². The maximum absolute atomic E-state index is 12.8. The second-order valence-corrected chi connectivity index (χ2v) is 2.25. The molecule has 1 atom stereocenters. The Kier molecular flexibility index (Phi) is 1.60. The molecule has 0 unspecified atom stereocenters. The Morgan fingerprint density at radius 3 is 2.50 bits per heavy atom.